The first kappa shape index (κ1) is 11.1. The van der Waals surface area contributed by atoms with Crippen LogP contribution in [0, 0.1) is 5.82 Å². The second kappa shape index (κ2) is 3.64. The van der Waals surface area contributed by atoms with Crippen LogP contribution in [0.25, 0.3) is 0 Å². The number of rotatable bonds is 1. The average Bonchev–Trinajstić information content (AvgIpc) is 2.04. The Morgan fingerprint density at radius 2 is 1.86 bits per heavy atom. The van der Waals surface area contributed by atoms with E-state index in [4.69, 9.17) is 5.73 Å². The molecular weight excluding hydrogens is 270 g/mol. The molecule has 78 valence electrons. The third-order valence-corrected chi connectivity index (χ3v) is 1.94. The summed E-state index contributed by atoms with van der Waals surface area (Å²) in [5.41, 5.74) is 4.38. The molecule has 7 heteroatoms. The molecule has 1 aromatic rings. The molecule has 0 unspecified atom stereocenters. The number of halogens is 5. The molecule has 2 nitrogen and oxygen atoms in total. The Morgan fingerprint density at radius 3 is 2.36 bits per heavy atom. The summed E-state index contributed by atoms with van der Waals surface area (Å²) in [6.45, 7) is 0. The lowest BCUT2D eigenvalue weighted by Gasteiger charge is -2.12. The van der Waals surface area contributed by atoms with E-state index in [-0.39, 0.29) is 4.47 Å². The van der Waals surface area contributed by atoms with Crippen molar-refractivity contribution in [3.63, 3.8) is 0 Å². The third-order valence-electron chi connectivity index (χ3n) is 1.31. The molecule has 0 aliphatic carbocycles. The molecule has 14 heavy (non-hydrogen) atoms. The summed E-state index contributed by atoms with van der Waals surface area (Å²) < 4.78 is 51.6. The third kappa shape index (κ3) is 2.50. The van der Waals surface area contributed by atoms with Crippen LogP contribution in [-0.4, -0.2) is 6.36 Å². The molecule has 2 N–H and O–H groups in total. The molecule has 0 aromatic heterocycles. The molecule has 1 rings (SSSR count). The highest BCUT2D eigenvalue weighted by Crippen LogP contribution is 2.36. The quantitative estimate of drug-likeness (QED) is 0.631. The second-order valence-electron chi connectivity index (χ2n) is 2.32. The van der Waals surface area contributed by atoms with Crippen molar-refractivity contribution in [2.45, 2.75) is 6.36 Å². The zero-order valence-electron chi connectivity index (χ0n) is 6.53. The van der Waals surface area contributed by atoms with Gasteiger partial charge in [0.1, 0.15) is 11.5 Å². The minimum absolute atomic E-state index is 0.0614. The van der Waals surface area contributed by atoms with E-state index in [1.807, 2.05) is 0 Å². The van der Waals surface area contributed by atoms with Gasteiger partial charge in [-0.15, -0.1) is 13.2 Å². The Balaban J connectivity index is 3.13. The van der Waals surface area contributed by atoms with E-state index < -0.39 is 23.6 Å². The van der Waals surface area contributed by atoms with Gasteiger partial charge in [0, 0.05) is 0 Å². The highest BCUT2D eigenvalue weighted by Gasteiger charge is 2.33. The van der Waals surface area contributed by atoms with Crippen molar-refractivity contribution in [3.8, 4) is 5.75 Å². The van der Waals surface area contributed by atoms with Crippen LogP contribution in [0.5, 0.6) is 5.75 Å². The number of ether oxygens (including phenoxy) is 1. The summed E-state index contributed by atoms with van der Waals surface area (Å²) in [5, 5.41) is 0. The van der Waals surface area contributed by atoms with Crippen molar-refractivity contribution in [2.75, 3.05) is 5.73 Å². The minimum atomic E-state index is -4.90. The second-order valence-corrected chi connectivity index (χ2v) is 3.17. The lowest BCUT2D eigenvalue weighted by Crippen LogP contribution is -2.18. The van der Waals surface area contributed by atoms with Crippen molar-refractivity contribution in [2.24, 2.45) is 0 Å². The van der Waals surface area contributed by atoms with Crippen molar-refractivity contribution in [1.82, 2.24) is 0 Å². The molecule has 0 bridgehead atoms. The first-order valence-electron chi connectivity index (χ1n) is 3.30. The Bertz CT molecular complexity index is 352. The molecule has 0 aliphatic rings. The first-order chi connectivity index (χ1) is 6.31. The molecule has 0 fully saturated rings. The van der Waals surface area contributed by atoms with Gasteiger partial charge in [0.05, 0.1) is 4.47 Å². The van der Waals surface area contributed by atoms with Crippen molar-refractivity contribution in [3.05, 3.63) is 22.4 Å². The van der Waals surface area contributed by atoms with Gasteiger partial charge in [-0.1, -0.05) is 0 Å². The van der Waals surface area contributed by atoms with Crippen molar-refractivity contribution in [1.29, 1.82) is 0 Å². The lowest BCUT2D eigenvalue weighted by molar-refractivity contribution is -0.274. The molecule has 0 radical (unpaired) electrons. The first-order valence-corrected chi connectivity index (χ1v) is 4.10. The number of anilines is 1. The van der Waals surface area contributed by atoms with E-state index in [1.54, 1.807) is 0 Å². The maximum Gasteiger partial charge on any atom is 0.573 e. The van der Waals surface area contributed by atoms with Gasteiger partial charge in [-0.25, -0.2) is 4.39 Å². The van der Waals surface area contributed by atoms with Crippen LogP contribution in [-0.2, 0) is 0 Å². The highest BCUT2D eigenvalue weighted by molar-refractivity contribution is 9.10. The number of alkyl halides is 3. The van der Waals surface area contributed by atoms with Crippen LogP contribution in [0.2, 0.25) is 0 Å². The van der Waals surface area contributed by atoms with Gasteiger partial charge in [-0.05, 0) is 28.1 Å². The Labute approximate surface area is 84.8 Å². The molecule has 0 saturated carbocycles. The van der Waals surface area contributed by atoms with Crippen LogP contribution in [0.4, 0.5) is 23.2 Å². The standard InChI is InChI=1S/C7H4BrF4NO/c8-3-1-2-4(9)5(13)6(3)14-7(10,11)12/h1-2H,13H2. The maximum absolute atomic E-state index is 12.7. The predicted octanol–water partition coefficient (Wildman–Crippen LogP) is 3.07. The Kier molecular flexibility index (Phi) is 2.89. The average molecular weight is 274 g/mol. The molecular formula is C7H4BrF4NO. The smallest absolute Gasteiger partial charge is 0.402 e. The van der Waals surface area contributed by atoms with Crippen LogP contribution < -0.4 is 10.5 Å². The van der Waals surface area contributed by atoms with Gasteiger partial charge in [-0.3, -0.25) is 0 Å². The van der Waals surface area contributed by atoms with E-state index in [2.05, 4.69) is 20.7 Å². The Hall–Kier alpha value is -0.980. The molecule has 1 aromatic carbocycles. The van der Waals surface area contributed by atoms with Crippen LogP contribution in [0.15, 0.2) is 16.6 Å². The summed E-state index contributed by atoms with van der Waals surface area (Å²) in [6.07, 6.45) is -4.90. The SMILES string of the molecule is Nc1c(F)ccc(Br)c1OC(F)(F)F. The molecule has 0 amide bonds. The van der Waals surface area contributed by atoms with E-state index in [9.17, 15) is 17.6 Å². The summed E-state index contributed by atoms with van der Waals surface area (Å²) in [5.74, 6) is -1.73. The van der Waals surface area contributed by atoms with E-state index in [1.165, 1.54) is 0 Å². The maximum atomic E-state index is 12.7. The van der Waals surface area contributed by atoms with Crippen LogP contribution in [0.1, 0.15) is 0 Å². The van der Waals surface area contributed by atoms with Crippen LogP contribution in [0.3, 0.4) is 0 Å². The van der Waals surface area contributed by atoms with Gasteiger partial charge in [-0.2, -0.15) is 0 Å². The van der Waals surface area contributed by atoms with E-state index in [0.717, 1.165) is 12.1 Å². The zero-order chi connectivity index (χ0) is 10.9. The van der Waals surface area contributed by atoms with Gasteiger partial charge in [0.15, 0.2) is 5.75 Å². The number of nitrogen functional groups attached to an aromatic ring is 1. The van der Waals surface area contributed by atoms with Crippen molar-refractivity contribution >= 4 is 21.6 Å². The topological polar surface area (TPSA) is 35.2 Å². The Morgan fingerprint density at radius 1 is 1.29 bits per heavy atom. The fourth-order valence-corrected chi connectivity index (χ4v) is 1.20. The minimum Gasteiger partial charge on any atom is -0.402 e. The van der Waals surface area contributed by atoms with E-state index in [0.29, 0.717) is 0 Å². The molecule has 0 heterocycles. The number of hydrogen-bond acceptors (Lipinski definition) is 2. The monoisotopic (exact) mass is 273 g/mol. The molecule has 0 spiro atoms. The fourth-order valence-electron chi connectivity index (χ4n) is 0.768. The highest BCUT2D eigenvalue weighted by atomic mass is 79.9. The number of hydrogen-bond donors (Lipinski definition) is 1. The molecule has 0 aliphatic heterocycles. The summed E-state index contributed by atoms with van der Waals surface area (Å²) in [4.78, 5) is 0. The largest absolute Gasteiger partial charge is 0.573 e. The lowest BCUT2D eigenvalue weighted by atomic mass is 10.3. The van der Waals surface area contributed by atoms with Crippen LogP contribution >= 0.6 is 15.9 Å². The zero-order valence-corrected chi connectivity index (χ0v) is 8.12. The summed E-state index contributed by atoms with van der Waals surface area (Å²) in [6, 6.07) is 2.01. The van der Waals surface area contributed by atoms with Gasteiger partial charge < -0.3 is 10.5 Å². The summed E-state index contributed by atoms with van der Waals surface area (Å²) >= 11 is 2.76. The normalized spacial score (nSPS) is 11.5. The number of benzene rings is 1. The molecule has 0 atom stereocenters. The van der Waals surface area contributed by atoms with Crippen molar-refractivity contribution < 1.29 is 22.3 Å². The molecule has 0 saturated heterocycles. The van der Waals surface area contributed by atoms with Gasteiger partial charge >= 0.3 is 6.36 Å². The van der Waals surface area contributed by atoms with E-state index >= 15 is 0 Å². The fraction of sp³-hybridized carbons (Fsp3) is 0.143. The predicted molar refractivity (Wildman–Crippen MR) is 45.2 cm³/mol. The summed E-state index contributed by atoms with van der Waals surface area (Å²) in [7, 11) is 0. The van der Waals surface area contributed by atoms with Gasteiger partial charge in [0.25, 0.3) is 0 Å². The number of nitrogens with two attached hydrogens (primary N) is 1. The van der Waals surface area contributed by atoms with Gasteiger partial charge in [0.2, 0.25) is 0 Å².